The maximum atomic E-state index is 12.9. The van der Waals surface area contributed by atoms with Crippen LogP contribution in [0.4, 0.5) is 17.6 Å². The van der Waals surface area contributed by atoms with Crippen molar-refractivity contribution in [1.29, 1.82) is 0 Å². The molecule has 1 rings (SSSR count). The quantitative estimate of drug-likeness (QED) is 0.864. The summed E-state index contributed by atoms with van der Waals surface area (Å²) in [7, 11) is 0. The van der Waals surface area contributed by atoms with E-state index in [1.165, 1.54) is 12.1 Å². The minimum absolute atomic E-state index is 0.130. The van der Waals surface area contributed by atoms with Gasteiger partial charge in [-0.25, -0.2) is 4.39 Å². The van der Waals surface area contributed by atoms with Gasteiger partial charge in [0.25, 0.3) is 0 Å². The van der Waals surface area contributed by atoms with E-state index in [-0.39, 0.29) is 10.0 Å². The molecule has 7 heteroatoms. The Hall–Kier alpha value is -0.660. The normalized spacial score (nSPS) is 13.8. The molecule has 1 aromatic rings. The highest BCUT2D eigenvalue weighted by molar-refractivity contribution is 9.10. The Kier molecular flexibility index (Phi) is 4.91. The van der Waals surface area contributed by atoms with Crippen LogP contribution in [-0.2, 0) is 4.74 Å². The highest BCUT2D eigenvalue weighted by Crippen LogP contribution is 2.22. The maximum Gasteiger partial charge on any atom is 0.411 e. The lowest BCUT2D eigenvalue weighted by molar-refractivity contribution is -0.179. The van der Waals surface area contributed by atoms with Gasteiger partial charge >= 0.3 is 6.18 Å². The second kappa shape index (κ2) is 5.79. The largest absolute Gasteiger partial charge is 0.411 e. The van der Waals surface area contributed by atoms with E-state index in [9.17, 15) is 22.7 Å². The Morgan fingerprint density at radius 1 is 1.35 bits per heavy atom. The lowest BCUT2D eigenvalue weighted by Gasteiger charge is -2.13. The first-order valence-electron chi connectivity index (χ1n) is 4.57. The number of alkyl halides is 3. The zero-order valence-electron chi connectivity index (χ0n) is 8.47. The van der Waals surface area contributed by atoms with Crippen molar-refractivity contribution in [3.63, 3.8) is 0 Å². The van der Waals surface area contributed by atoms with Crippen LogP contribution in [0.3, 0.4) is 0 Å². The Labute approximate surface area is 103 Å². The molecule has 0 amide bonds. The summed E-state index contributed by atoms with van der Waals surface area (Å²) in [5.74, 6) is -0.517. The summed E-state index contributed by atoms with van der Waals surface area (Å²) in [6.07, 6.45) is -5.66. The fourth-order valence-corrected chi connectivity index (χ4v) is 1.50. The molecule has 96 valence electrons. The van der Waals surface area contributed by atoms with E-state index >= 15 is 0 Å². The first-order chi connectivity index (χ1) is 7.79. The molecule has 17 heavy (non-hydrogen) atoms. The summed E-state index contributed by atoms with van der Waals surface area (Å²) in [5.41, 5.74) is 0.278. The Morgan fingerprint density at radius 2 is 2.00 bits per heavy atom. The maximum absolute atomic E-state index is 12.9. The molecular weight excluding hydrogens is 308 g/mol. The number of aliphatic hydroxyl groups is 1. The molecule has 0 aromatic heterocycles. The van der Waals surface area contributed by atoms with Crippen LogP contribution in [0.15, 0.2) is 22.7 Å². The number of ether oxygens (including phenoxy) is 1. The van der Waals surface area contributed by atoms with E-state index in [4.69, 9.17) is 0 Å². The van der Waals surface area contributed by atoms with Crippen molar-refractivity contribution in [3.8, 4) is 0 Å². The van der Waals surface area contributed by atoms with Gasteiger partial charge < -0.3 is 9.84 Å². The monoisotopic (exact) mass is 316 g/mol. The van der Waals surface area contributed by atoms with Crippen molar-refractivity contribution in [2.24, 2.45) is 0 Å². The van der Waals surface area contributed by atoms with Crippen molar-refractivity contribution in [3.05, 3.63) is 34.1 Å². The van der Waals surface area contributed by atoms with Gasteiger partial charge in [0.05, 0.1) is 11.1 Å². The van der Waals surface area contributed by atoms with Gasteiger partial charge in [-0.05, 0) is 33.6 Å². The molecule has 0 radical (unpaired) electrons. The van der Waals surface area contributed by atoms with Crippen LogP contribution >= 0.6 is 15.9 Å². The van der Waals surface area contributed by atoms with Crippen molar-refractivity contribution in [1.82, 2.24) is 0 Å². The SMILES string of the molecule is OC(COCC(F)(F)F)c1ccc(F)c(Br)c1. The minimum atomic E-state index is -4.43. The third kappa shape index (κ3) is 5.01. The average molecular weight is 317 g/mol. The van der Waals surface area contributed by atoms with E-state index < -0.39 is 31.3 Å². The first-order valence-corrected chi connectivity index (χ1v) is 5.36. The van der Waals surface area contributed by atoms with Gasteiger partial charge in [-0.15, -0.1) is 0 Å². The van der Waals surface area contributed by atoms with Crippen LogP contribution in [0, 0.1) is 5.82 Å². The van der Waals surface area contributed by atoms with Gasteiger partial charge in [0.1, 0.15) is 18.5 Å². The highest BCUT2D eigenvalue weighted by atomic mass is 79.9. The molecule has 0 heterocycles. The molecule has 0 saturated carbocycles. The predicted octanol–water partition coefficient (Wildman–Crippen LogP) is 3.20. The highest BCUT2D eigenvalue weighted by Gasteiger charge is 2.27. The van der Waals surface area contributed by atoms with Crippen LogP contribution in [0.25, 0.3) is 0 Å². The van der Waals surface area contributed by atoms with Crippen LogP contribution in [0.5, 0.6) is 0 Å². The molecule has 1 aromatic carbocycles. The molecule has 0 saturated heterocycles. The molecule has 1 unspecified atom stereocenters. The summed E-state index contributed by atoms with van der Waals surface area (Å²) in [6, 6.07) is 3.67. The van der Waals surface area contributed by atoms with Crippen molar-refractivity contribution in [2.45, 2.75) is 12.3 Å². The van der Waals surface area contributed by atoms with Gasteiger partial charge in [-0.2, -0.15) is 13.2 Å². The lowest BCUT2D eigenvalue weighted by atomic mass is 10.1. The fraction of sp³-hybridized carbons (Fsp3) is 0.400. The van der Waals surface area contributed by atoms with Crippen molar-refractivity contribution < 1.29 is 27.4 Å². The summed E-state index contributed by atoms with van der Waals surface area (Å²) >= 11 is 2.91. The van der Waals surface area contributed by atoms with Gasteiger partial charge in [-0.3, -0.25) is 0 Å². The van der Waals surface area contributed by atoms with E-state index in [1.54, 1.807) is 0 Å². The van der Waals surface area contributed by atoms with Crippen LogP contribution in [0.1, 0.15) is 11.7 Å². The topological polar surface area (TPSA) is 29.5 Å². The molecule has 0 fully saturated rings. The zero-order chi connectivity index (χ0) is 13.1. The Bertz CT molecular complexity index is 381. The number of aliphatic hydroxyl groups excluding tert-OH is 1. The van der Waals surface area contributed by atoms with Gasteiger partial charge in [-0.1, -0.05) is 6.07 Å². The third-order valence-corrected chi connectivity index (χ3v) is 2.48. The van der Waals surface area contributed by atoms with E-state index in [2.05, 4.69) is 20.7 Å². The molecular formula is C10H9BrF4O2. The lowest BCUT2D eigenvalue weighted by Crippen LogP contribution is -2.19. The summed E-state index contributed by atoms with van der Waals surface area (Å²) < 4.78 is 52.6. The van der Waals surface area contributed by atoms with E-state index in [0.717, 1.165) is 6.07 Å². The van der Waals surface area contributed by atoms with Crippen molar-refractivity contribution >= 4 is 15.9 Å². The van der Waals surface area contributed by atoms with Crippen molar-refractivity contribution in [2.75, 3.05) is 13.2 Å². The summed E-state index contributed by atoms with van der Waals surface area (Å²) in [6.45, 7) is -1.93. The average Bonchev–Trinajstić information content (AvgIpc) is 2.20. The number of halogens is 5. The number of hydrogen-bond acceptors (Lipinski definition) is 2. The summed E-state index contributed by atoms with van der Waals surface area (Å²) in [5, 5.41) is 9.50. The van der Waals surface area contributed by atoms with E-state index in [0.29, 0.717) is 0 Å². The minimum Gasteiger partial charge on any atom is -0.386 e. The first kappa shape index (κ1) is 14.4. The predicted molar refractivity (Wildman–Crippen MR) is 55.9 cm³/mol. The third-order valence-electron chi connectivity index (χ3n) is 1.87. The molecule has 1 N–H and O–H groups in total. The molecule has 0 aliphatic heterocycles. The second-order valence-electron chi connectivity index (χ2n) is 3.32. The second-order valence-corrected chi connectivity index (χ2v) is 4.17. The fourth-order valence-electron chi connectivity index (χ4n) is 1.10. The molecule has 0 aliphatic rings. The smallest absolute Gasteiger partial charge is 0.386 e. The standard InChI is InChI=1S/C10H9BrF4O2/c11-7-3-6(1-2-8(7)12)9(16)4-17-5-10(13,14)15/h1-3,9,16H,4-5H2. The molecule has 0 spiro atoms. The summed E-state index contributed by atoms with van der Waals surface area (Å²) in [4.78, 5) is 0. The number of benzene rings is 1. The Balaban J connectivity index is 2.52. The Morgan fingerprint density at radius 3 is 2.53 bits per heavy atom. The van der Waals surface area contributed by atoms with Crippen LogP contribution in [-0.4, -0.2) is 24.5 Å². The molecule has 0 aliphatic carbocycles. The van der Waals surface area contributed by atoms with Crippen LogP contribution < -0.4 is 0 Å². The van der Waals surface area contributed by atoms with Gasteiger partial charge in [0.15, 0.2) is 0 Å². The van der Waals surface area contributed by atoms with Crippen LogP contribution in [0.2, 0.25) is 0 Å². The number of hydrogen-bond donors (Lipinski definition) is 1. The zero-order valence-corrected chi connectivity index (χ0v) is 10.1. The van der Waals surface area contributed by atoms with E-state index in [1.807, 2.05) is 0 Å². The molecule has 1 atom stereocenters. The molecule has 2 nitrogen and oxygen atoms in total. The number of rotatable bonds is 4. The molecule has 0 bridgehead atoms. The van der Waals surface area contributed by atoms with Gasteiger partial charge in [0.2, 0.25) is 0 Å². The van der Waals surface area contributed by atoms with Gasteiger partial charge in [0, 0.05) is 0 Å².